The summed E-state index contributed by atoms with van der Waals surface area (Å²) in [6, 6.07) is 7.48. The van der Waals surface area contributed by atoms with E-state index in [2.05, 4.69) is 11.9 Å². The topological polar surface area (TPSA) is 54.9 Å². The Kier molecular flexibility index (Phi) is 5.02. The Hall–Kier alpha value is -1.81. The monoisotopic (exact) mass is 306 g/mol. The summed E-state index contributed by atoms with van der Waals surface area (Å²) < 4.78 is 1.20. The lowest BCUT2D eigenvalue weighted by atomic mass is 10.1. The lowest BCUT2D eigenvalue weighted by Gasteiger charge is -2.12. The molecule has 0 radical (unpaired) electrons. The lowest BCUT2D eigenvalue weighted by Crippen LogP contribution is -2.36. The summed E-state index contributed by atoms with van der Waals surface area (Å²) in [4.78, 5) is 27.4. The van der Waals surface area contributed by atoms with Crippen LogP contribution in [0.15, 0.2) is 33.9 Å². The van der Waals surface area contributed by atoms with Crippen LogP contribution in [0.25, 0.3) is 5.69 Å². The molecule has 0 unspecified atom stereocenters. The predicted octanol–water partition coefficient (Wildman–Crippen LogP) is 3.08. The Morgan fingerprint density at radius 1 is 1.10 bits per heavy atom. The van der Waals surface area contributed by atoms with Crippen LogP contribution in [-0.2, 0) is 12.8 Å². The Morgan fingerprint density at radius 2 is 1.76 bits per heavy atom. The van der Waals surface area contributed by atoms with Gasteiger partial charge in [0.1, 0.15) is 5.15 Å². The number of halogens is 1. The van der Waals surface area contributed by atoms with Crippen LogP contribution in [0.3, 0.4) is 0 Å². The number of hydrogen-bond acceptors (Lipinski definition) is 2. The van der Waals surface area contributed by atoms with Crippen LogP contribution in [0.2, 0.25) is 5.15 Å². The third-order valence-corrected chi connectivity index (χ3v) is 3.72. The number of nitrogens with zero attached hydrogens (tertiary/aromatic N) is 1. The molecule has 0 aliphatic rings. The smallest absolute Gasteiger partial charge is 0.297 e. The number of aromatic nitrogens is 2. The van der Waals surface area contributed by atoms with Crippen LogP contribution in [0.1, 0.15) is 37.8 Å². The first-order valence-electron chi connectivity index (χ1n) is 7.22. The average Bonchev–Trinajstić information content (AvgIpc) is 2.45. The van der Waals surface area contributed by atoms with E-state index in [1.54, 1.807) is 6.07 Å². The summed E-state index contributed by atoms with van der Waals surface area (Å²) in [7, 11) is 0. The molecule has 0 spiro atoms. The SMILES string of the molecule is CCCc1ccccc1-n1c(=O)[nH]c(Cl)c(CCC)c1=O. The van der Waals surface area contributed by atoms with Crippen molar-refractivity contribution in [2.24, 2.45) is 0 Å². The Bertz CT molecular complexity index is 747. The molecule has 0 amide bonds. The quantitative estimate of drug-likeness (QED) is 0.863. The van der Waals surface area contributed by atoms with Crippen molar-refractivity contribution in [3.63, 3.8) is 0 Å². The first-order valence-corrected chi connectivity index (χ1v) is 7.59. The average molecular weight is 307 g/mol. The molecule has 0 atom stereocenters. The zero-order chi connectivity index (χ0) is 15.4. The first-order chi connectivity index (χ1) is 10.1. The van der Waals surface area contributed by atoms with Crippen molar-refractivity contribution in [1.82, 2.24) is 9.55 Å². The zero-order valence-electron chi connectivity index (χ0n) is 12.3. The minimum absolute atomic E-state index is 0.149. The fourth-order valence-corrected chi connectivity index (χ4v) is 2.70. The van der Waals surface area contributed by atoms with Crippen LogP contribution >= 0.6 is 11.6 Å². The van der Waals surface area contributed by atoms with Gasteiger partial charge in [-0.15, -0.1) is 0 Å². The first kappa shape index (κ1) is 15.6. The number of nitrogens with one attached hydrogen (secondary N) is 1. The van der Waals surface area contributed by atoms with Crippen LogP contribution in [-0.4, -0.2) is 9.55 Å². The van der Waals surface area contributed by atoms with E-state index in [-0.39, 0.29) is 10.7 Å². The summed E-state index contributed by atoms with van der Waals surface area (Å²) in [5, 5.41) is 0.149. The molecular weight excluding hydrogens is 288 g/mol. The van der Waals surface area contributed by atoms with Crippen molar-refractivity contribution >= 4 is 11.6 Å². The molecule has 1 aromatic heterocycles. The number of rotatable bonds is 5. The zero-order valence-corrected chi connectivity index (χ0v) is 13.0. The third-order valence-electron chi connectivity index (χ3n) is 3.40. The normalized spacial score (nSPS) is 10.8. The molecule has 0 aliphatic carbocycles. The number of benzene rings is 1. The molecule has 1 heterocycles. The molecule has 2 rings (SSSR count). The molecule has 21 heavy (non-hydrogen) atoms. The van der Waals surface area contributed by atoms with Crippen LogP contribution < -0.4 is 11.2 Å². The summed E-state index contributed by atoms with van der Waals surface area (Å²) in [6.07, 6.45) is 3.09. The molecule has 4 nitrogen and oxygen atoms in total. The fraction of sp³-hybridized carbons (Fsp3) is 0.375. The second-order valence-electron chi connectivity index (χ2n) is 4.99. The summed E-state index contributed by atoms with van der Waals surface area (Å²) in [5.41, 5.74) is 1.27. The molecule has 0 aliphatic heterocycles. The van der Waals surface area contributed by atoms with E-state index in [0.717, 1.165) is 24.8 Å². The highest BCUT2D eigenvalue weighted by Crippen LogP contribution is 2.15. The van der Waals surface area contributed by atoms with E-state index >= 15 is 0 Å². The Morgan fingerprint density at radius 3 is 2.43 bits per heavy atom. The molecule has 2 aromatic rings. The largest absolute Gasteiger partial charge is 0.334 e. The summed E-state index contributed by atoms with van der Waals surface area (Å²) >= 11 is 6.01. The molecule has 0 saturated carbocycles. The van der Waals surface area contributed by atoms with Crippen molar-refractivity contribution in [3.05, 3.63) is 61.4 Å². The van der Waals surface area contributed by atoms with E-state index in [4.69, 9.17) is 11.6 Å². The Labute approximate surface area is 128 Å². The maximum atomic E-state index is 12.6. The van der Waals surface area contributed by atoms with Gasteiger partial charge in [0.25, 0.3) is 5.56 Å². The minimum Gasteiger partial charge on any atom is -0.297 e. The lowest BCUT2D eigenvalue weighted by molar-refractivity contribution is 0.798. The molecule has 1 N–H and O–H groups in total. The van der Waals surface area contributed by atoms with Crippen molar-refractivity contribution in [2.75, 3.05) is 0 Å². The van der Waals surface area contributed by atoms with Gasteiger partial charge in [-0.3, -0.25) is 9.78 Å². The van der Waals surface area contributed by atoms with E-state index in [9.17, 15) is 9.59 Å². The van der Waals surface area contributed by atoms with Gasteiger partial charge in [0, 0.05) is 0 Å². The van der Waals surface area contributed by atoms with Crippen LogP contribution in [0.4, 0.5) is 0 Å². The van der Waals surface area contributed by atoms with Gasteiger partial charge in [0.05, 0.1) is 11.3 Å². The number of H-pyrrole nitrogens is 1. The minimum atomic E-state index is -0.492. The van der Waals surface area contributed by atoms with Gasteiger partial charge in [-0.05, 0) is 24.5 Å². The maximum absolute atomic E-state index is 12.6. The van der Waals surface area contributed by atoms with Gasteiger partial charge in [-0.1, -0.05) is 56.5 Å². The highest BCUT2D eigenvalue weighted by Gasteiger charge is 2.15. The second-order valence-corrected chi connectivity index (χ2v) is 5.37. The van der Waals surface area contributed by atoms with Crippen LogP contribution in [0.5, 0.6) is 0 Å². The highest BCUT2D eigenvalue weighted by molar-refractivity contribution is 6.30. The molecular formula is C16H19ClN2O2. The van der Waals surface area contributed by atoms with Gasteiger partial charge in [-0.2, -0.15) is 0 Å². The molecule has 1 aromatic carbocycles. The van der Waals surface area contributed by atoms with Gasteiger partial charge < -0.3 is 0 Å². The fourth-order valence-electron chi connectivity index (χ4n) is 2.44. The molecule has 0 fully saturated rings. The second kappa shape index (κ2) is 6.76. The van der Waals surface area contributed by atoms with Gasteiger partial charge >= 0.3 is 5.69 Å². The summed E-state index contributed by atoms with van der Waals surface area (Å²) in [6.45, 7) is 4.03. The molecule has 0 saturated heterocycles. The van der Waals surface area contributed by atoms with E-state index in [0.29, 0.717) is 17.7 Å². The Balaban J connectivity index is 2.73. The molecule has 112 valence electrons. The van der Waals surface area contributed by atoms with Gasteiger partial charge in [0.15, 0.2) is 0 Å². The number of aryl methyl sites for hydroxylation is 1. The molecule has 0 bridgehead atoms. The maximum Gasteiger partial charge on any atom is 0.334 e. The standard InChI is InChI=1S/C16H19ClN2O2/c1-3-7-11-9-5-6-10-13(11)19-15(20)12(8-4-2)14(17)18-16(19)21/h5-6,9-10H,3-4,7-8H2,1-2H3,(H,18,21). The van der Waals surface area contributed by atoms with Crippen molar-refractivity contribution < 1.29 is 0 Å². The van der Waals surface area contributed by atoms with E-state index in [1.807, 2.05) is 25.1 Å². The predicted molar refractivity (Wildman–Crippen MR) is 85.7 cm³/mol. The number of aromatic amines is 1. The highest BCUT2D eigenvalue weighted by atomic mass is 35.5. The van der Waals surface area contributed by atoms with Crippen molar-refractivity contribution in [2.45, 2.75) is 39.5 Å². The van der Waals surface area contributed by atoms with Gasteiger partial charge in [0.2, 0.25) is 0 Å². The molecule has 5 heteroatoms. The van der Waals surface area contributed by atoms with E-state index in [1.165, 1.54) is 4.57 Å². The number of para-hydroxylation sites is 1. The van der Waals surface area contributed by atoms with Gasteiger partial charge in [-0.25, -0.2) is 9.36 Å². The van der Waals surface area contributed by atoms with Crippen molar-refractivity contribution in [1.29, 1.82) is 0 Å². The number of hydrogen-bond donors (Lipinski definition) is 1. The summed E-state index contributed by atoms with van der Waals surface area (Å²) in [5.74, 6) is 0. The van der Waals surface area contributed by atoms with E-state index < -0.39 is 5.69 Å². The van der Waals surface area contributed by atoms with Crippen LogP contribution in [0, 0.1) is 0 Å². The third kappa shape index (κ3) is 3.10. The van der Waals surface area contributed by atoms with Crippen molar-refractivity contribution in [3.8, 4) is 5.69 Å².